The highest BCUT2D eigenvalue weighted by atomic mass is 35.5. The highest BCUT2D eigenvalue weighted by Crippen LogP contribution is 2.19. The van der Waals surface area contributed by atoms with E-state index in [0.29, 0.717) is 6.42 Å². The summed E-state index contributed by atoms with van der Waals surface area (Å²) in [5.41, 5.74) is 0. The fourth-order valence-electron chi connectivity index (χ4n) is 0.654. The number of hydrogen-bond acceptors (Lipinski definition) is 2. The SMILES string of the molecule is C[C@@H]1OC(=O)C[C@H]1Cl. The Labute approximate surface area is 52.8 Å². The van der Waals surface area contributed by atoms with Gasteiger partial charge in [-0.25, -0.2) is 0 Å². The van der Waals surface area contributed by atoms with Crippen LogP contribution in [0.5, 0.6) is 0 Å². The van der Waals surface area contributed by atoms with Gasteiger partial charge in [0.2, 0.25) is 0 Å². The Hall–Kier alpha value is -0.240. The van der Waals surface area contributed by atoms with Crippen LogP contribution < -0.4 is 0 Å². The molecule has 1 saturated heterocycles. The third kappa shape index (κ3) is 0.944. The molecule has 0 aliphatic carbocycles. The third-order valence-corrected chi connectivity index (χ3v) is 1.70. The second kappa shape index (κ2) is 1.94. The molecule has 1 fully saturated rings. The molecule has 0 amide bonds. The highest BCUT2D eigenvalue weighted by Gasteiger charge is 2.28. The second-order valence-electron chi connectivity index (χ2n) is 1.92. The van der Waals surface area contributed by atoms with Gasteiger partial charge in [0.25, 0.3) is 0 Å². The Morgan fingerprint density at radius 2 is 2.50 bits per heavy atom. The number of alkyl halides is 1. The zero-order valence-electron chi connectivity index (χ0n) is 4.56. The van der Waals surface area contributed by atoms with Crippen LogP contribution >= 0.6 is 11.6 Å². The number of ether oxygens (including phenoxy) is 1. The number of esters is 1. The van der Waals surface area contributed by atoms with Crippen molar-refractivity contribution in [1.29, 1.82) is 0 Å². The molecule has 46 valence electrons. The van der Waals surface area contributed by atoms with Crippen LogP contribution in [0.15, 0.2) is 0 Å². The maximum Gasteiger partial charge on any atom is 0.307 e. The molecule has 2 nitrogen and oxygen atoms in total. The first kappa shape index (κ1) is 5.89. The zero-order valence-corrected chi connectivity index (χ0v) is 5.31. The molecule has 8 heavy (non-hydrogen) atoms. The molecule has 1 rings (SSSR count). The molecule has 0 saturated carbocycles. The summed E-state index contributed by atoms with van der Waals surface area (Å²) in [6, 6.07) is 0. The fourth-order valence-corrected chi connectivity index (χ4v) is 0.832. The summed E-state index contributed by atoms with van der Waals surface area (Å²) in [7, 11) is 0. The molecule has 1 heterocycles. The zero-order chi connectivity index (χ0) is 6.15. The van der Waals surface area contributed by atoms with Crippen molar-refractivity contribution >= 4 is 17.6 Å². The van der Waals surface area contributed by atoms with Gasteiger partial charge in [0, 0.05) is 0 Å². The maximum atomic E-state index is 10.4. The smallest absolute Gasteiger partial charge is 0.307 e. The molecule has 0 radical (unpaired) electrons. The summed E-state index contributed by atoms with van der Waals surface area (Å²) in [4.78, 5) is 10.4. The van der Waals surface area contributed by atoms with Gasteiger partial charge in [0.05, 0.1) is 11.8 Å². The third-order valence-electron chi connectivity index (χ3n) is 1.19. The number of rotatable bonds is 0. The van der Waals surface area contributed by atoms with Crippen molar-refractivity contribution in [3.8, 4) is 0 Å². The fraction of sp³-hybridized carbons (Fsp3) is 0.800. The molecule has 1 aliphatic rings. The van der Waals surface area contributed by atoms with Crippen LogP contribution in [0.25, 0.3) is 0 Å². The van der Waals surface area contributed by atoms with Gasteiger partial charge in [-0.2, -0.15) is 0 Å². The number of carbonyl (C=O) groups is 1. The van der Waals surface area contributed by atoms with E-state index in [1.165, 1.54) is 0 Å². The van der Waals surface area contributed by atoms with Crippen molar-refractivity contribution in [2.24, 2.45) is 0 Å². The first-order valence-corrected chi connectivity index (χ1v) is 2.97. The van der Waals surface area contributed by atoms with Crippen LogP contribution in [0.3, 0.4) is 0 Å². The highest BCUT2D eigenvalue weighted by molar-refractivity contribution is 6.22. The lowest BCUT2D eigenvalue weighted by Crippen LogP contribution is -2.09. The summed E-state index contributed by atoms with van der Waals surface area (Å²) in [6.07, 6.45) is 0.270. The van der Waals surface area contributed by atoms with E-state index >= 15 is 0 Å². The quantitative estimate of drug-likeness (QED) is 0.364. The van der Waals surface area contributed by atoms with Crippen LogP contribution in [0.4, 0.5) is 0 Å². The minimum atomic E-state index is -0.183. The monoisotopic (exact) mass is 134 g/mol. The van der Waals surface area contributed by atoms with Crippen LogP contribution in [0.2, 0.25) is 0 Å². The van der Waals surface area contributed by atoms with E-state index in [4.69, 9.17) is 16.3 Å². The molecule has 0 bridgehead atoms. The Bertz CT molecular complexity index is 101. The van der Waals surface area contributed by atoms with Gasteiger partial charge in [-0.3, -0.25) is 4.79 Å². The first-order chi connectivity index (χ1) is 3.70. The molecule has 0 unspecified atom stereocenters. The molecule has 2 atom stereocenters. The predicted octanol–water partition coefficient (Wildman–Crippen LogP) is 0.929. The molecule has 0 N–H and O–H groups in total. The van der Waals surface area contributed by atoms with Crippen molar-refractivity contribution < 1.29 is 9.53 Å². The van der Waals surface area contributed by atoms with Crippen molar-refractivity contribution in [3.05, 3.63) is 0 Å². The molecular weight excluding hydrogens is 128 g/mol. The number of halogens is 1. The van der Waals surface area contributed by atoms with E-state index in [1.54, 1.807) is 6.92 Å². The molecule has 0 aromatic heterocycles. The van der Waals surface area contributed by atoms with Crippen LogP contribution in [0.1, 0.15) is 13.3 Å². The summed E-state index contributed by atoms with van der Waals surface area (Å²) < 4.78 is 4.70. The average molecular weight is 135 g/mol. The van der Waals surface area contributed by atoms with Gasteiger partial charge in [-0.1, -0.05) is 0 Å². The maximum absolute atomic E-state index is 10.4. The summed E-state index contributed by atoms with van der Waals surface area (Å²) in [6.45, 7) is 1.79. The van der Waals surface area contributed by atoms with Crippen molar-refractivity contribution in [2.75, 3.05) is 0 Å². The molecule has 3 heteroatoms. The first-order valence-electron chi connectivity index (χ1n) is 2.53. The summed E-state index contributed by atoms with van der Waals surface area (Å²) >= 11 is 5.61. The Morgan fingerprint density at radius 3 is 2.62 bits per heavy atom. The molecule has 1 aliphatic heterocycles. The molecule has 0 aromatic rings. The van der Waals surface area contributed by atoms with Crippen molar-refractivity contribution in [1.82, 2.24) is 0 Å². The van der Waals surface area contributed by atoms with E-state index in [0.717, 1.165) is 0 Å². The van der Waals surface area contributed by atoms with Gasteiger partial charge in [0.1, 0.15) is 6.10 Å². The van der Waals surface area contributed by atoms with Crippen LogP contribution in [-0.4, -0.2) is 17.5 Å². The minimum Gasteiger partial charge on any atom is -0.461 e. The van der Waals surface area contributed by atoms with Crippen LogP contribution in [-0.2, 0) is 9.53 Å². The average Bonchev–Trinajstić information content (AvgIpc) is 1.85. The van der Waals surface area contributed by atoms with E-state index in [-0.39, 0.29) is 17.5 Å². The van der Waals surface area contributed by atoms with Gasteiger partial charge in [-0.15, -0.1) is 11.6 Å². The van der Waals surface area contributed by atoms with Gasteiger partial charge < -0.3 is 4.74 Å². The van der Waals surface area contributed by atoms with Gasteiger partial charge >= 0.3 is 5.97 Å². The predicted molar refractivity (Wildman–Crippen MR) is 29.8 cm³/mol. The Balaban J connectivity index is 2.51. The van der Waals surface area contributed by atoms with E-state index in [2.05, 4.69) is 0 Å². The van der Waals surface area contributed by atoms with Gasteiger partial charge in [-0.05, 0) is 6.92 Å². The molecule has 0 spiro atoms. The topological polar surface area (TPSA) is 26.3 Å². The second-order valence-corrected chi connectivity index (χ2v) is 2.48. The normalized spacial score (nSPS) is 37.5. The standard InChI is InChI=1S/C5H7ClO2/c1-3-4(6)2-5(7)8-3/h3-4H,2H2,1H3/t3-,4+/m0/s1. The van der Waals surface area contributed by atoms with E-state index < -0.39 is 0 Å². The van der Waals surface area contributed by atoms with E-state index in [9.17, 15) is 4.79 Å². The van der Waals surface area contributed by atoms with Crippen LogP contribution in [0, 0.1) is 0 Å². The van der Waals surface area contributed by atoms with Crippen molar-refractivity contribution in [3.63, 3.8) is 0 Å². The lowest BCUT2D eigenvalue weighted by atomic mass is 10.2. The van der Waals surface area contributed by atoms with E-state index in [1.807, 2.05) is 0 Å². The largest absolute Gasteiger partial charge is 0.461 e. The summed E-state index contributed by atoms with van der Waals surface area (Å²) in [5, 5.41) is -0.109. The summed E-state index contributed by atoms with van der Waals surface area (Å²) in [5.74, 6) is -0.183. The minimum absolute atomic E-state index is 0.0934. The number of hydrogen-bond donors (Lipinski definition) is 0. The Kier molecular flexibility index (Phi) is 1.43. The number of carbonyl (C=O) groups excluding carboxylic acids is 1. The lowest BCUT2D eigenvalue weighted by Gasteiger charge is -2.01. The molecule has 0 aromatic carbocycles. The van der Waals surface area contributed by atoms with Gasteiger partial charge in [0.15, 0.2) is 0 Å². The lowest BCUT2D eigenvalue weighted by molar-refractivity contribution is -0.140. The number of cyclic esters (lactones) is 1. The Morgan fingerprint density at radius 1 is 1.88 bits per heavy atom. The van der Waals surface area contributed by atoms with Crippen molar-refractivity contribution in [2.45, 2.75) is 24.8 Å². The molecular formula is C5H7ClO2.